The predicted molar refractivity (Wildman–Crippen MR) is 65.4 cm³/mol. The Balaban J connectivity index is 1.90. The molecule has 1 aliphatic carbocycles. The summed E-state index contributed by atoms with van der Waals surface area (Å²) in [6.45, 7) is 0.760. The molecule has 2 rings (SSSR count). The Hall–Kier alpha value is -1.60. The summed E-state index contributed by atoms with van der Waals surface area (Å²) in [5.74, 6) is 0.322. The van der Waals surface area contributed by atoms with Crippen LogP contribution in [0, 0.1) is 17.2 Å². The van der Waals surface area contributed by atoms with Crippen LogP contribution in [0.3, 0.4) is 0 Å². The average Bonchev–Trinajstić information content (AvgIpc) is 2.38. The van der Waals surface area contributed by atoms with Crippen molar-refractivity contribution < 1.29 is 5.11 Å². The Morgan fingerprint density at radius 2 is 2.29 bits per heavy atom. The summed E-state index contributed by atoms with van der Waals surface area (Å²) in [5.41, 5.74) is 1.31. The van der Waals surface area contributed by atoms with Crippen molar-refractivity contribution in [3.63, 3.8) is 0 Å². The van der Waals surface area contributed by atoms with Gasteiger partial charge >= 0.3 is 0 Å². The largest absolute Gasteiger partial charge is 0.393 e. The molecule has 1 aromatic rings. The number of rotatable bonds is 3. The monoisotopic (exact) mass is 231 g/mol. The van der Waals surface area contributed by atoms with Crippen LogP contribution in [0.4, 0.5) is 5.69 Å². The highest BCUT2D eigenvalue weighted by molar-refractivity contribution is 5.45. The molecule has 4 heteroatoms. The molecule has 0 aromatic carbocycles. The minimum absolute atomic E-state index is 0.187. The van der Waals surface area contributed by atoms with Crippen LogP contribution in [0.2, 0.25) is 0 Å². The standard InChI is InChI=1S/C13H17N3O/c14-8-12-7-11(5-6-15-12)16-9-10-3-1-2-4-13(10)17/h5-7,10,13,17H,1-4,9H2,(H,15,16). The molecule has 0 bridgehead atoms. The van der Waals surface area contributed by atoms with Crippen LogP contribution in [-0.4, -0.2) is 22.7 Å². The molecule has 0 amide bonds. The fraction of sp³-hybridized carbons (Fsp3) is 0.538. The van der Waals surface area contributed by atoms with Gasteiger partial charge in [-0.05, 0) is 25.0 Å². The van der Waals surface area contributed by atoms with Crippen LogP contribution in [0.5, 0.6) is 0 Å². The number of aliphatic hydroxyl groups excluding tert-OH is 1. The lowest BCUT2D eigenvalue weighted by Gasteiger charge is -2.27. The Morgan fingerprint density at radius 1 is 1.47 bits per heavy atom. The third-order valence-corrected chi connectivity index (χ3v) is 3.31. The highest BCUT2D eigenvalue weighted by atomic mass is 16.3. The molecule has 1 heterocycles. The first-order chi connectivity index (χ1) is 8.29. The third kappa shape index (κ3) is 3.18. The van der Waals surface area contributed by atoms with Gasteiger partial charge in [0, 0.05) is 24.3 Å². The SMILES string of the molecule is N#Cc1cc(NCC2CCCCC2O)ccn1. The molecule has 17 heavy (non-hydrogen) atoms. The van der Waals surface area contributed by atoms with Gasteiger partial charge in [0.15, 0.2) is 0 Å². The quantitative estimate of drug-likeness (QED) is 0.833. The minimum atomic E-state index is -0.187. The molecule has 90 valence electrons. The number of pyridine rings is 1. The van der Waals surface area contributed by atoms with Crippen LogP contribution in [0.1, 0.15) is 31.4 Å². The number of nitrogens with one attached hydrogen (secondary N) is 1. The summed E-state index contributed by atoms with van der Waals surface area (Å²) >= 11 is 0. The summed E-state index contributed by atoms with van der Waals surface area (Å²) in [6, 6.07) is 5.59. The number of aliphatic hydroxyl groups is 1. The molecule has 0 aliphatic heterocycles. The fourth-order valence-electron chi connectivity index (χ4n) is 2.28. The van der Waals surface area contributed by atoms with Gasteiger partial charge in [-0.2, -0.15) is 5.26 Å². The first kappa shape index (κ1) is 11.9. The second kappa shape index (κ2) is 5.65. The van der Waals surface area contributed by atoms with E-state index in [0.717, 1.165) is 31.5 Å². The zero-order valence-corrected chi connectivity index (χ0v) is 9.76. The molecule has 4 nitrogen and oxygen atoms in total. The van der Waals surface area contributed by atoms with Crippen molar-refractivity contribution in [3.05, 3.63) is 24.0 Å². The van der Waals surface area contributed by atoms with Crippen molar-refractivity contribution in [2.24, 2.45) is 5.92 Å². The third-order valence-electron chi connectivity index (χ3n) is 3.31. The van der Waals surface area contributed by atoms with Crippen LogP contribution < -0.4 is 5.32 Å². The zero-order valence-electron chi connectivity index (χ0n) is 9.76. The van der Waals surface area contributed by atoms with E-state index in [9.17, 15) is 5.11 Å². The Bertz CT molecular complexity index is 413. The van der Waals surface area contributed by atoms with Gasteiger partial charge in [-0.25, -0.2) is 4.98 Å². The first-order valence-corrected chi connectivity index (χ1v) is 6.07. The number of aromatic nitrogens is 1. The normalized spacial score (nSPS) is 24.0. The summed E-state index contributed by atoms with van der Waals surface area (Å²) in [4.78, 5) is 3.92. The van der Waals surface area contributed by atoms with E-state index in [1.54, 1.807) is 12.3 Å². The van der Waals surface area contributed by atoms with Crippen LogP contribution in [-0.2, 0) is 0 Å². The molecular formula is C13H17N3O. The van der Waals surface area contributed by atoms with E-state index in [0.29, 0.717) is 11.6 Å². The van der Waals surface area contributed by atoms with Crippen LogP contribution in [0.15, 0.2) is 18.3 Å². The van der Waals surface area contributed by atoms with Gasteiger partial charge in [-0.1, -0.05) is 12.8 Å². The minimum Gasteiger partial charge on any atom is -0.393 e. The number of anilines is 1. The lowest BCUT2D eigenvalue weighted by molar-refractivity contribution is 0.0763. The number of hydrogen-bond acceptors (Lipinski definition) is 4. The van der Waals surface area contributed by atoms with Gasteiger partial charge in [-0.15, -0.1) is 0 Å². The maximum absolute atomic E-state index is 9.84. The molecule has 1 aromatic heterocycles. The highest BCUT2D eigenvalue weighted by Crippen LogP contribution is 2.24. The smallest absolute Gasteiger partial charge is 0.142 e. The van der Waals surface area contributed by atoms with Crippen molar-refractivity contribution in [2.75, 3.05) is 11.9 Å². The van der Waals surface area contributed by atoms with Crippen molar-refractivity contribution in [1.29, 1.82) is 5.26 Å². The average molecular weight is 231 g/mol. The van der Waals surface area contributed by atoms with Gasteiger partial charge in [0.05, 0.1) is 6.10 Å². The maximum Gasteiger partial charge on any atom is 0.142 e. The van der Waals surface area contributed by atoms with Crippen LogP contribution >= 0.6 is 0 Å². The maximum atomic E-state index is 9.84. The molecule has 0 radical (unpaired) electrons. The van der Waals surface area contributed by atoms with Crippen molar-refractivity contribution in [1.82, 2.24) is 4.98 Å². The summed E-state index contributed by atoms with van der Waals surface area (Å²) in [7, 11) is 0. The van der Waals surface area contributed by atoms with Crippen molar-refractivity contribution in [3.8, 4) is 6.07 Å². The second-order valence-electron chi connectivity index (χ2n) is 4.53. The van der Waals surface area contributed by atoms with Gasteiger partial charge < -0.3 is 10.4 Å². The second-order valence-corrected chi connectivity index (χ2v) is 4.53. The van der Waals surface area contributed by atoms with E-state index < -0.39 is 0 Å². The molecule has 2 N–H and O–H groups in total. The molecule has 1 aliphatic rings. The number of nitrogens with zero attached hydrogens (tertiary/aromatic N) is 2. The molecule has 2 atom stereocenters. The number of nitriles is 1. The summed E-state index contributed by atoms with van der Waals surface area (Å²) in [6.07, 6.45) is 5.75. The van der Waals surface area contributed by atoms with E-state index in [1.807, 2.05) is 12.1 Å². The lowest BCUT2D eigenvalue weighted by atomic mass is 9.86. The van der Waals surface area contributed by atoms with Crippen molar-refractivity contribution in [2.45, 2.75) is 31.8 Å². The zero-order chi connectivity index (χ0) is 12.1. The Labute approximate surface area is 101 Å². The van der Waals surface area contributed by atoms with Gasteiger partial charge in [0.2, 0.25) is 0 Å². The van der Waals surface area contributed by atoms with Gasteiger partial charge in [0.25, 0.3) is 0 Å². The van der Waals surface area contributed by atoms with Crippen LogP contribution in [0.25, 0.3) is 0 Å². The first-order valence-electron chi connectivity index (χ1n) is 6.07. The van der Waals surface area contributed by atoms with E-state index in [2.05, 4.69) is 10.3 Å². The topological polar surface area (TPSA) is 68.9 Å². The lowest BCUT2D eigenvalue weighted by Crippen LogP contribution is -2.30. The number of hydrogen-bond donors (Lipinski definition) is 2. The molecular weight excluding hydrogens is 214 g/mol. The predicted octanol–water partition coefficient (Wildman–Crippen LogP) is 1.92. The van der Waals surface area contributed by atoms with E-state index in [4.69, 9.17) is 5.26 Å². The summed E-state index contributed by atoms with van der Waals surface area (Å²) < 4.78 is 0. The summed E-state index contributed by atoms with van der Waals surface area (Å²) in [5, 5.41) is 21.9. The molecule has 1 saturated carbocycles. The molecule has 2 unspecified atom stereocenters. The molecule has 1 fully saturated rings. The van der Waals surface area contributed by atoms with E-state index in [1.165, 1.54) is 6.42 Å². The Morgan fingerprint density at radius 3 is 3.06 bits per heavy atom. The fourth-order valence-corrected chi connectivity index (χ4v) is 2.28. The van der Waals surface area contributed by atoms with Gasteiger partial charge in [-0.3, -0.25) is 0 Å². The molecule has 0 spiro atoms. The highest BCUT2D eigenvalue weighted by Gasteiger charge is 2.22. The Kier molecular flexibility index (Phi) is 3.94. The van der Waals surface area contributed by atoms with Gasteiger partial charge in [0.1, 0.15) is 11.8 Å². The van der Waals surface area contributed by atoms with E-state index in [-0.39, 0.29) is 6.10 Å². The molecule has 0 saturated heterocycles. The van der Waals surface area contributed by atoms with Crippen molar-refractivity contribution >= 4 is 5.69 Å². The van der Waals surface area contributed by atoms with E-state index >= 15 is 0 Å².